The molecule has 0 unspecified atom stereocenters. The fourth-order valence-corrected chi connectivity index (χ4v) is 4.19. The third-order valence-electron chi connectivity index (χ3n) is 3.54. The monoisotopic (exact) mass is 300 g/mol. The number of amides is 1. The fraction of sp³-hybridized carbons (Fsp3) is 0.462. The minimum atomic E-state index is -4.05. The number of piperazine rings is 1. The van der Waals surface area contributed by atoms with Gasteiger partial charge in [0.15, 0.2) is 0 Å². The second-order valence-electron chi connectivity index (χ2n) is 5.29. The largest absolute Gasteiger partial charge is 0.343 e. The highest BCUT2D eigenvalue weighted by molar-refractivity contribution is 7.89. The molecule has 0 bridgehead atoms. The molecule has 1 aromatic rings. The number of benzene rings is 1. The van der Waals surface area contributed by atoms with Gasteiger partial charge >= 0.3 is 0 Å². The van der Waals surface area contributed by atoms with Crippen molar-refractivity contribution >= 4 is 15.9 Å². The molecule has 1 fully saturated rings. The normalized spacial score (nSPS) is 20.2. The number of carbonyl (C=O) groups excluding carboxylic acids is 1. The number of halogens is 1. The number of rotatable bonds is 2. The van der Waals surface area contributed by atoms with E-state index in [-0.39, 0.29) is 19.0 Å². The minimum absolute atomic E-state index is 0.145. The third-order valence-corrected chi connectivity index (χ3v) is 5.64. The highest BCUT2D eigenvalue weighted by Gasteiger charge is 2.47. The van der Waals surface area contributed by atoms with Gasteiger partial charge in [-0.15, -0.1) is 0 Å². The zero-order valence-electron chi connectivity index (χ0n) is 11.6. The van der Waals surface area contributed by atoms with E-state index >= 15 is 0 Å². The average molecular weight is 300 g/mol. The first-order valence-electron chi connectivity index (χ1n) is 6.22. The molecule has 5 nitrogen and oxygen atoms in total. The summed E-state index contributed by atoms with van der Waals surface area (Å²) in [4.78, 5) is 13.2. The van der Waals surface area contributed by atoms with Crippen LogP contribution in [0.3, 0.4) is 0 Å². The zero-order chi connectivity index (χ0) is 15.1. The molecule has 20 heavy (non-hydrogen) atoms. The molecule has 1 aromatic carbocycles. The number of nitrogens with zero attached hydrogens (tertiary/aromatic N) is 2. The zero-order valence-corrected chi connectivity index (χ0v) is 12.4. The predicted molar refractivity (Wildman–Crippen MR) is 72.0 cm³/mol. The van der Waals surface area contributed by atoms with E-state index in [1.807, 2.05) is 0 Å². The number of hydrogen-bond acceptors (Lipinski definition) is 3. The van der Waals surface area contributed by atoms with E-state index in [9.17, 15) is 17.6 Å². The Morgan fingerprint density at radius 3 is 2.40 bits per heavy atom. The number of hydrogen-bond donors (Lipinski definition) is 0. The van der Waals surface area contributed by atoms with Crippen LogP contribution in [0.1, 0.15) is 13.8 Å². The smallest absolute Gasteiger partial charge is 0.247 e. The number of carbonyl (C=O) groups is 1. The van der Waals surface area contributed by atoms with E-state index in [0.29, 0.717) is 0 Å². The van der Waals surface area contributed by atoms with Gasteiger partial charge in [0, 0.05) is 20.1 Å². The topological polar surface area (TPSA) is 57.7 Å². The first-order valence-corrected chi connectivity index (χ1v) is 7.66. The maximum Gasteiger partial charge on any atom is 0.247 e. The van der Waals surface area contributed by atoms with E-state index in [0.717, 1.165) is 10.4 Å². The summed E-state index contributed by atoms with van der Waals surface area (Å²) in [7, 11) is -2.42. The van der Waals surface area contributed by atoms with Crippen molar-refractivity contribution in [2.45, 2.75) is 24.3 Å². The molecule has 2 rings (SSSR count). The molecule has 0 atom stereocenters. The first kappa shape index (κ1) is 14.9. The van der Waals surface area contributed by atoms with Crippen LogP contribution in [0.2, 0.25) is 0 Å². The first-order chi connectivity index (χ1) is 9.19. The molecule has 1 aliphatic heterocycles. The lowest BCUT2D eigenvalue weighted by molar-refractivity contribution is -0.142. The van der Waals surface area contributed by atoms with Gasteiger partial charge in [-0.25, -0.2) is 12.8 Å². The summed E-state index contributed by atoms with van der Waals surface area (Å²) in [5.41, 5.74) is -1.23. The molecule has 0 spiro atoms. The summed E-state index contributed by atoms with van der Waals surface area (Å²) < 4.78 is 40.0. The minimum Gasteiger partial charge on any atom is -0.343 e. The van der Waals surface area contributed by atoms with Gasteiger partial charge in [0.05, 0.1) is 0 Å². The Kier molecular flexibility index (Phi) is 3.60. The van der Waals surface area contributed by atoms with E-state index in [1.54, 1.807) is 7.05 Å². The lowest BCUT2D eigenvalue weighted by Crippen LogP contribution is -2.63. The van der Waals surface area contributed by atoms with Gasteiger partial charge in [0.2, 0.25) is 15.9 Å². The molecule has 0 aromatic heterocycles. The predicted octanol–water partition coefficient (Wildman–Crippen LogP) is 1.07. The standard InChI is InChI=1S/C13H17FN2O3S/c1-13(2)12(17)15(3)8-9-16(13)20(18,19)11-7-5-4-6-10(11)14/h4-7H,8-9H2,1-3H3. The lowest BCUT2D eigenvalue weighted by Gasteiger charge is -2.43. The van der Waals surface area contributed by atoms with Gasteiger partial charge < -0.3 is 4.90 Å². The second kappa shape index (κ2) is 4.82. The van der Waals surface area contributed by atoms with E-state index in [4.69, 9.17) is 0 Å². The van der Waals surface area contributed by atoms with Crippen LogP contribution in [0.25, 0.3) is 0 Å². The van der Waals surface area contributed by atoms with E-state index in [1.165, 1.54) is 36.9 Å². The van der Waals surface area contributed by atoms with Crippen molar-refractivity contribution in [3.8, 4) is 0 Å². The quantitative estimate of drug-likeness (QED) is 0.821. The summed E-state index contributed by atoms with van der Waals surface area (Å²) in [5, 5.41) is 0. The third kappa shape index (κ3) is 2.20. The van der Waals surface area contributed by atoms with Gasteiger partial charge in [-0.05, 0) is 26.0 Å². The van der Waals surface area contributed by atoms with Crippen molar-refractivity contribution in [3.05, 3.63) is 30.1 Å². The molecule has 0 radical (unpaired) electrons. The van der Waals surface area contributed by atoms with Crippen LogP contribution in [0.5, 0.6) is 0 Å². The van der Waals surface area contributed by atoms with E-state index < -0.39 is 26.3 Å². The van der Waals surface area contributed by atoms with Crippen LogP contribution in [0.4, 0.5) is 4.39 Å². The number of likely N-dealkylation sites (N-methyl/N-ethyl adjacent to an activating group) is 1. The number of sulfonamides is 1. The van der Waals surface area contributed by atoms with Gasteiger partial charge in [0.1, 0.15) is 16.3 Å². The fourth-order valence-electron chi connectivity index (χ4n) is 2.39. The summed E-state index contributed by atoms with van der Waals surface area (Å²) in [5.74, 6) is -1.11. The Labute approximate surface area is 118 Å². The van der Waals surface area contributed by atoms with Gasteiger partial charge in [-0.2, -0.15) is 4.31 Å². The Bertz CT molecular complexity index is 643. The van der Waals surface area contributed by atoms with Crippen molar-refractivity contribution < 1.29 is 17.6 Å². The van der Waals surface area contributed by atoms with Gasteiger partial charge in [0.25, 0.3) is 0 Å². The second-order valence-corrected chi connectivity index (χ2v) is 7.12. The molecule has 110 valence electrons. The van der Waals surface area contributed by atoms with E-state index in [2.05, 4.69) is 0 Å². The maximum absolute atomic E-state index is 13.8. The average Bonchev–Trinajstić information content (AvgIpc) is 2.36. The summed E-state index contributed by atoms with van der Waals surface area (Å²) in [6, 6.07) is 5.19. The Morgan fingerprint density at radius 1 is 1.20 bits per heavy atom. The molecule has 0 saturated carbocycles. The van der Waals surface area contributed by atoms with Crippen LogP contribution >= 0.6 is 0 Å². The lowest BCUT2D eigenvalue weighted by atomic mass is 10.0. The Hall–Kier alpha value is -1.47. The SMILES string of the molecule is CN1CCN(S(=O)(=O)c2ccccc2F)C(C)(C)C1=O. The maximum atomic E-state index is 13.8. The summed E-state index contributed by atoms with van der Waals surface area (Å²) >= 11 is 0. The van der Waals surface area contributed by atoms with Crippen molar-refractivity contribution in [3.63, 3.8) is 0 Å². The molecule has 7 heteroatoms. The molecule has 0 aliphatic carbocycles. The highest BCUT2D eigenvalue weighted by Crippen LogP contribution is 2.29. The summed E-state index contributed by atoms with van der Waals surface area (Å²) in [6.07, 6.45) is 0. The molecule has 1 saturated heterocycles. The van der Waals surface area contributed by atoms with Crippen molar-refractivity contribution in [2.75, 3.05) is 20.1 Å². The Morgan fingerprint density at radius 2 is 1.80 bits per heavy atom. The highest BCUT2D eigenvalue weighted by atomic mass is 32.2. The summed E-state index contributed by atoms with van der Waals surface area (Å²) in [6.45, 7) is 3.49. The molecular weight excluding hydrogens is 283 g/mol. The van der Waals surface area contributed by atoms with Crippen LogP contribution in [-0.2, 0) is 14.8 Å². The van der Waals surface area contributed by atoms with Crippen molar-refractivity contribution in [1.29, 1.82) is 0 Å². The van der Waals surface area contributed by atoms with Crippen LogP contribution in [0, 0.1) is 5.82 Å². The Balaban J connectivity index is 2.50. The molecular formula is C13H17FN2O3S. The molecule has 1 aliphatic rings. The van der Waals surface area contributed by atoms with Crippen LogP contribution in [0.15, 0.2) is 29.2 Å². The van der Waals surface area contributed by atoms with Crippen LogP contribution in [-0.4, -0.2) is 49.2 Å². The molecule has 1 heterocycles. The molecule has 1 amide bonds. The van der Waals surface area contributed by atoms with Crippen molar-refractivity contribution in [1.82, 2.24) is 9.21 Å². The molecule has 0 N–H and O–H groups in total. The van der Waals surface area contributed by atoms with Crippen LogP contribution < -0.4 is 0 Å². The van der Waals surface area contributed by atoms with Gasteiger partial charge in [-0.1, -0.05) is 12.1 Å². The van der Waals surface area contributed by atoms with Crippen molar-refractivity contribution in [2.24, 2.45) is 0 Å². The van der Waals surface area contributed by atoms with Gasteiger partial charge in [-0.3, -0.25) is 4.79 Å².